The smallest absolute Gasteiger partial charge is 0.348 e. The van der Waals surface area contributed by atoms with Crippen LogP contribution in [-0.2, 0) is 23.2 Å². The van der Waals surface area contributed by atoms with Crippen LogP contribution >= 0.6 is 7.60 Å². The molecule has 0 N–H and O–H groups in total. The number of ketones is 1. The van der Waals surface area contributed by atoms with E-state index < -0.39 is 19.2 Å². The first kappa shape index (κ1) is 27.0. The first-order valence-corrected chi connectivity index (χ1v) is 12.1. The molecule has 0 heterocycles. The standard InChI is InChI=1S/C20H39N2O5P/c1-7-11-15-26-28(25,27-16-12-8-2)19(17(5)23)20(21-18(6)24)22(13-9-3)14-10-4/h19H,7-16H2,1-6H3. The summed E-state index contributed by atoms with van der Waals surface area (Å²) in [7, 11) is -3.83. The number of carbonyl (C=O) groups is 2. The summed E-state index contributed by atoms with van der Waals surface area (Å²) in [5.74, 6) is -0.597. The molecule has 0 rings (SSSR count). The Kier molecular flexibility index (Phi) is 14.3. The Hall–Kier alpha value is -1.04. The number of amides is 1. The van der Waals surface area contributed by atoms with Crippen molar-refractivity contribution in [2.24, 2.45) is 4.99 Å². The predicted molar refractivity (Wildman–Crippen MR) is 114 cm³/mol. The Morgan fingerprint density at radius 2 is 1.36 bits per heavy atom. The van der Waals surface area contributed by atoms with Crippen molar-refractivity contribution in [3.63, 3.8) is 0 Å². The monoisotopic (exact) mass is 418 g/mol. The number of unbranched alkanes of at least 4 members (excludes halogenated alkanes) is 2. The average molecular weight is 419 g/mol. The van der Waals surface area contributed by atoms with Crippen LogP contribution < -0.4 is 0 Å². The van der Waals surface area contributed by atoms with E-state index in [4.69, 9.17) is 9.05 Å². The fourth-order valence-corrected chi connectivity index (χ4v) is 4.84. The molecule has 8 heteroatoms. The maximum Gasteiger partial charge on any atom is 0.348 e. The van der Waals surface area contributed by atoms with Crippen LogP contribution in [0, 0.1) is 0 Å². The molecule has 0 aromatic rings. The number of Topliss-reactive ketones (excluding diaryl/α,β-unsaturated/α-hetero) is 1. The molecular weight excluding hydrogens is 379 g/mol. The molecule has 28 heavy (non-hydrogen) atoms. The van der Waals surface area contributed by atoms with Crippen LogP contribution in [0.4, 0.5) is 0 Å². The van der Waals surface area contributed by atoms with Crippen molar-refractivity contribution < 1.29 is 23.2 Å². The maximum absolute atomic E-state index is 13.8. The van der Waals surface area contributed by atoms with Gasteiger partial charge in [0.05, 0.1) is 13.2 Å². The van der Waals surface area contributed by atoms with Gasteiger partial charge in [-0.25, -0.2) is 0 Å². The highest BCUT2D eigenvalue weighted by molar-refractivity contribution is 7.57. The SMILES string of the molecule is CCCCOP(=O)(OCCCC)C(C(C)=O)C(=NC(C)=O)N(CCC)CCC. The molecule has 0 aliphatic rings. The largest absolute Gasteiger partial charge is 0.359 e. The molecule has 0 saturated heterocycles. The Bertz CT molecular complexity index is 531. The Morgan fingerprint density at radius 3 is 1.68 bits per heavy atom. The Morgan fingerprint density at radius 1 is 0.893 bits per heavy atom. The summed E-state index contributed by atoms with van der Waals surface area (Å²) in [4.78, 5) is 30.5. The van der Waals surface area contributed by atoms with Gasteiger partial charge in [0.1, 0.15) is 5.84 Å². The van der Waals surface area contributed by atoms with Crippen molar-refractivity contribution in [1.82, 2.24) is 4.90 Å². The second kappa shape index (κ2) is 14.9. The fourth-order valence-electron chi connectivity index (χ4n) is 2.75. The van der Waals surface area contributed by atoms with Gasteiger partial charge in [0, 0.05) is 20.0 Å². The van der Waals surface area contributed by atoms with Gasteiger partial charge in [-0.1, -0.05) is 40.5 Å². The predicted octanol–water partition coefficient (Wildman–Crippen LogP) is 4.84. The summed E-state index contributed by atoms with van der Waals surface area (Å²) in [5.41, 5.74) is -1.19. The van der Waals surface area contributed by atoms with Gasteiger partial charge in [0.15, 0.2) is 11.4 Å². The summed E-state index contributed by atoms with van der Waals surface area (Å²) in [6.45, 7) is 12.4. The number of hydrogen-bond donors (Lipinski definition) is 0. The van der Waals surface area contributed by atoms with Crippen molar-refractivity contribution in [3.8, 4) is 0 Å². The van der Waals surface area contributed by atoms with E-state index in [1.54, 1.807) is 0 Å². The lowest BCUT2D eigenvalue weighted by molar-refractivity contribution is -0.116. The van der Waals surface area contributed by atoms with E-state index in [2.05, 4.69) is 4.99 Å². The van der Waals surface area contributed by atoms with E-state index >= 15 is 0 Å². The van der Waals surface area contributed by atoms with Crippen molar-refractivity contribution in [3.05, 3.63) is 0 Å². The molecule has 0 spiro atoms. The normalized spacial score (nSPS) is 13.4. The molecular formula is C20H39N2O5P. The molecule has 0 bridgehead atoms. The number of carbonyl (C=O) groups excluding carboxylic acids is 2. The van der Waals surface area contributed by atoms with Crippen LogP contribution in [0.2, 0.25) is 0 Å². The summed E-state index contributed by atoms with van der Waals surface area (Å²) in [5, 5.41) is 0. The van der Waals surface area contributed by atoms with Crippen LogP contribution in [-0.4, -0.2) is 54.4 Å². The third kappa shape index (κ3) is 9.44. The summed E-state index contributed by atoms with van der Waals surface area (Å²) in [6, 6.07) is 0. The summed E-state index contributed by atoms with van der Waals surface area (Å²) in [6.07, 6.45) is 4.76. The van der Waals surface area contributed by atoms with Gasteiger partial charge in [0.25, 0.3) is 0 Å². The van der Waals surface area contributed by atoms with Crippen LogP contribution in [0.25, 0.3) is 0 Å². The quantitative estimate of drug-likeness (QED) is 0.164. The number of aliphatic imine (C=N–C) groups is 1. The highest BCUT2D eigenvalue weighted by Gasteiger charge is 2.45. The molecule has 0 saturated carbocycles. The highest BCUT2D eigenvalue weighted by atomic mass is 31.2. The minimum absolute atomic E-state index is 0.208. The second-order valence-electron chi connectivity index (χ2n) is 6.90. The fraction of sp³-hybridized carbons (Fsp3) is 0.850. The van der Waals surface area contributed by atoms with Crippen molar-refractivity contribution in [2.45, 2.75) is 85.7 Å². The zero-order valence-corrected chi connectivity index (χ0v) is 19.4. The minimum atomic E-state index is -3.83. The van der Waals surface area contributed by atoms with Crippen molar-refractivity contribution >= 4 is 25.1 Å². The zero-order valence-electron chi connectivity index (χ0n) is 18.5. The molecule has 164 valence electrons. The third-order valence-corrected chi connectivity index (χ3v) is 6.38. The van der Waals surface area contributed by atoms with Gasteiger partial charge in [-0.2, -0.15) is 4.99 Å². The average Bonchev–Trinajstić information content (AvgIpc) is 2.61. The molecule has 0 aromatic carbocycles. The Labute approximate surface area is 170 Å². The first-order chi connectivity index (χ1) is 13.3. The van der Waals surface area contributed by atoms with Gasteiger partial charge >= 0.3 is 7.60 Å². The topological polar surface area (TPSA) is 85.3 Å². The molecule has 7 nitrogen and oxygen atoms in total. The molecule has 1 amide bonds. The molecule has 0 aliphatic heterocycles. The molecule has 0 fully saturated rings. The minimum Gasteiger partial charge on any atom is -0.359 e. The molecule has 0 aliphatic carbocycles. The van der Waals surface area contributed by atoms with Crippen LogP contribution in [0.1, 0.15) is 80.1 Å². The lowest BCUT2D eigenvalue weighted by atomic mass is 10.2. The van der Waals surface area contributed by atoms with E-state index in [0.29, 0.717) is 25.9 Å². The second-order valence-corrected chi connectivity index (χ2v) is 9.02. The van der Waals surface area contributed by atoms with Crippen LogP contribution in [0.3, 0.4) is 0 Å². The van der Waals surface area contributed by atoms with E-state index in [-0.39, 0.29) is 24.8 Å². The zero-order chi connectivity index (χ0) is 21.6. The molecule has 1 unspecified atom stereocenters. The Balaban J connectivity index is 6.15. The van der Waals surface area contributed by atoms with Crippen molar-refractivity contribution in [1.29, 1.82) is 0 Å². The van der Waals surface area contributed by atoms with Crippen LogP contribution in [0.5, 0.6) is 0 Å². The lowest BCUT2D eigenvalue weighted by Gasteiger charge is -2.33. The maximum atomic E-state index is 13.8. The van der Waals surface area contributed by atoms with Gasteiger partial charge in [-0.15, -0.1) is 0 Å². The highest BCUT2D eigenvalue weighted by Crippen LogP contribution is 2.54. The molecule has 0 aromatic heterocycles. The van der Waals surface area contributed by atoms with E-state index in [1.165, 1.54) is 13.8 Å². The lowest BCUT2D eigenvalue weighted by Crippen LogP contribution is -2.44. The van der Waals surface area contributed by atoms with E-state index in [9.17, 15) is 14.2 Å². The number of amidine groups is 1. The van der Waals surface area contributed by atoms with E-state index in [1.807, 2.05) is 32.6 Å². The van der Waals surface area contributed by atoms with Gasteiger partial charge < -0.3 is 13.9 Å². The van der Waals surface area contributed by atoms with Gasteiger partial charge in [-0.05, 0) is 32.6 Å². The summed E-state index contributed by atoms with van der Waals surface area (Å²) < 4.78 is 25.2. The molecule has 0 radical (unpaired) electrons. The number of hydrogen-bond acceptors (Lipinski definition) is 5. The number of nitrogens with zero attached hydrogens (tertiary/aromatic N) is 2. The first-order valence-electron chi connectivity index (χ1n) is 10.5. The van der Waals surface area contributed by atoms with Crippen LogP contribution in [0.15, 0.2) is 4.99 Å². The van der Waals surface area contributed by atoms with Gasteiger partial charge in [0.2, 0.25) is 5.91 Å². The number of rotatable bonds is 15. The van der Waals surface area contributed by atoms with Gasteiger partial charge in [-0.3, -0.25) is 14.2 Å². The molecule has 1 atom stereocenters. The van der Waals surface area contributed by atoms with Crippen molar-refractivity contribution in [2.75, 3.05) is 26.3 Å². The third-order valence-electron chi connectivity index (χ3n) is 4.07. The van der Waals surface area contributed by atoms with E-state index in [0.717, 1.165) is 25.7 Å². The summed E-state index contributed by atoms with van der Waals surface area (Å²) >= 11 is 0.